The van der Waals surface area contributed by atoms with Crippen molar-refractivity contribution >= 4 is 11.7 Å². The summed E-state index contributed by atoms with van der Waals surface area (Å²) >= 11 is 0. The number of carbonyl (C=O) groups is 1. The molecule has 2 heterocycles. The van der Waals surface area contributed by atoms with Gasteiger partial charge in [-0.3, -0.25) is 4.79 Å². The van der Waals surface area contributed by atoms with Gasteiger partial charge in [-0.15, -0.1) is 0 Å². The number of benzene rings is 1. The largest absolute Gasteiger partial charge is 0.364 e. The lowest BCUT2D eigenvalue weighted by Crippen LogP contribution is -2.46. The molecule has 2 aliphatic heterocycles. The summed E-state index contributed by atoms with van der Waals surface area (Å²) in [6, 6.07) is 7.19. The molecule has 1 N–H and O–H groups in total. The molecule has 1 aromatic carbocycles. The maximum absolute atomic E-state index is 12.3. The molecule has 0 fully saturated rings. The molecule has 0 saturated heterocycles. The molecule has 0 saturated carbocycles. The Balaban J connectivity index is 2.04. The molecule has 5 heteroatoms. The Hall–Kier alpha value is -2.40. The normalized spacial score (nSPS) is 25.2. The molecule has 0 aromatic heterocycles. The van der Waals surface area contributed by atoms with Crippen LogP contribution in [0.25, 0.3) is 0 Å². The first-order valence-electron chi connectivity index (χ1n) is 8.05. The van der Waals surface area contributed by atoms with Gasteiger partial charge in [-0.1, -0.05) is 35.9 Å². The minimum Gasteiger partial charge on any atom is -0.364 e. The third-order valence-corrected chi connectivity index (χ3v) is 4.53. The zero-order valence-electron chi connectivity index (χ0n) is 14.5. The van der Waals surface area contributed by atoms with Crippen LogP contribution in [0, 0.1) is 6.92 Å². The van der Waals surface area contributed by atoms with Crippen molar-refractivity contribution in [2.24, 2.45) is 4.99 Å². The second kappa shape index (κ2) is 5.91. The van der Waals surface area contributed by atoms with Gasteiger partial charge in [-0.25, -0.2) is 4.99 Å². The van der Waals surface area contributed by atoms with E-state index in [1.165, 1.54) is 0 Å². The van der Waals surface area contributed by atoms with Crippen LogP contribution in [0.4, 0.5) is 0 Å². The number of aliphatic hydroxyl groups is 1. The van der Waals surface area contributed by atoms with Crippen LogP contribution in [-0.4, -0.2) is 46.8 Å². The number of nitrogens with zero attached hydrogens (tertiary/aromatic N) is 3. The Morgan fingerprint density at radius 1 is 1.25 bits per heavy atom. The molecule has 3 rings (SSSR count). The van der Waals surface area contributed by atoms with E-state index in [4.69, 9.17) is 0 Å². The van der Waals surface area contributed by atoms with Crippen LogP contribution >= 0.6 is 0 Å². The number of hydrogen-bond donors (Lipinski definition) is 1. The number of hydrogen-bond acceptors (Lipinski definition) is 4. The Morgan fingerprint density at radius 2 is 1.92 bits per heavy atom. The van der Waals surface area contributed by atoms with Gasteiger partial charge >= 0.3 is 0 Å². The molecule has 2 atom stereocenters. The van der Waals surface area contributed by atoms with Gasteiger partial charge in [-0.05, 0) is 25.5 Å². The topological polar surface area (TPSA) is 56.1 Å². The van der Waals surface area contributed by atoms with Gasteiger partial charge in [0.15, 0.2) is 0 Å². The van der Waals surface area contributed by atoms with Gasteiger partial charge in [0.2, 0.25) is 11.6 Å². The second-order valence-corrected chi connectivity index (χ2v) is 6.68. The highest BCUT2D eigenvalue weighted by Crippen LogP contribution is 2.39. The Kier molecular flexibility index (Phi) is 4.05. The number of amidine groups is 1. The van der Waals surface area contributed by atoms with Gasteiger partial charge in [-0.2, -0.15) is 0 Å². The van der Waals surface area contributed by atoms with E-state index in [0.29, 0.717) is 11.4 Å². The van der Waals surface area contributed by atoms with Crippen LogP contribution in [-0.2, 0) is 10.5 Å². The zero-order chi connectivity index (χ0) is 17.5. The van der Waals surface area contributed by atoms with Crippen molar-refractivity contribution in [2.45, 2.75) is 32.0 Å². The summed E-state index contributed by atoms with van der Waals surface area (Å²) in [5.74, 6) is 0.642. The maximum Gasteiger partial charge on any atom is 0.224 e. The van der Waals surface area contributed by atoms with Crippen molar-refractivity contribution in [3.05, 3.63) is 59.3 Å². The summed E-state index contributed by atoms with van der Waals surface area (Å²) in [7, 11) is 3.45. The van der Waals surface area contributed by atoms with E-state index in [9.17, 15) is 9.90 Å². The minimum absolute atomic E-state index is 0.0393. The molecule has 24 heavy (non-hydrogen) atoms. The van der Waals surface area contributed by atoms with Gasteiger partial charge in [0.05, 0.1) is 12.5 Å². The number of carbonyl (C=O) groups excluding carboxylic acids is 1. The average Bonchev–Trinajstić information content (AvgIpc) is 2.81. The summed E-state index contributed by atoms with van der Waals surface area (Å²) in [5, 5.41) is 11.4. The van der Waals surface area contributed by atoms with Gasteiger partial charge in [0, 0.05) is 25.9 Å². The molecule has 0 bridgehead atoms. The van der Waals surface area contributed by atoms with Crippen LogP contribution in [0.1, 0.15) is 24.5 Å². The van der Waals surface area contributed by atoms with Crippen molar-refractivity contribution in [1.82, 2.24) is 9.80 Å². The zero-order valence-corrected chi connectivity index (χ0v) is 14.5. The van der Waals surface area contributed by atoms with Crippen molar-refractivity contribution in [3.8, 4) is 0 Å². The first-order valence-corrected chi connectivity index (χ1v) is 8.05. The summed E-state index contributed by atoms with van der Waals surface area (Å²) in [5.41, 5.74) is 1.43. The lowest BCUT2D eigenvalue weighted by Gasteiger charge is -2.34. The standard InChI is InChI=1S/C19H23N3O2/c1-13-5-8-15(9-6-13)19(24)16(11-18(23)21(3)4)22-12-14(2)7-10-17(22)20-19/h5-10,12,16,24H,11H2,1-4H3/t16-,19-/m0/s1. The van der Waals surface area contributed by atoms with Crippen LogP contribution in [0.3, 0.4) is 0 Å². The fraction of sp³-hybridized carbons (Fsp3) is 0.368. The molecular formula is C19H23N3O2. The smallest absolute Gasteiger partial charge is 0.224 e. The minimum atomic E-state index is -1.44. The van der Waals surface area contributed by atoms with E-state index in [0.717, 1.165) is 11.1 Å². The predicted molar refractivity (Wildman–Crippen MR) is 94.3 cm³/mol. The average molecular weight is 325 g/mol. The summed E-state index contributed by atoms with van der Waals surface area (Å²) in [4.78, 5) is 20.4. The van der Waals surface area contributed by atoms with Crippen LogP contribution < -0.4 is 0 Å². The lowest BCUT2D eigenvalue weighted by molar-refractivity contribution is -0.131. The number of fused-ring (bicyclic) bond motifs is 1. The molecule has 2 aliphatic rings. The number of rotatable bonds is 3. The SMILES string of the molecule is CC1=CN2C(=N[C@](O)(c3ccc(C)cc3)[C@@H]2CC(=O)N(C)C)C=C1. The molecular weight excluding hydrogens is 302 g/mol. The number of amides is 1. The monoisotopic (exact) mass is 325 g/mol. The third-order valence-electron chi connectivity index (χ3n) is 4.53. The Morgan fingerprint density at radius 3 is 2.54 bits per heavy atom. The summed E-state index contributed by atoms with van der Waals surface area (Å²) in [6.07, 6.45) is 5.97. The third kappa shape index (κ3) is 2.76. The van der Waals surface area contributed by atoms with Crippen LogP contribution in [0.5, 0.6) is 0 Å². The maximum atomic E-state index is 12.3. The quantitative estimate of drug-likeness (QED) is 0.927. The number of aliphatic imine (C=N–C) groups is 1. The van der Waals surface area contributed by atoms with Crippen molar-refractivity contribution < 1.29 is 9.90 Å². The molecule has 0 spiro atoms. The first-order chi connectivity index (χ1) is 11.3. The molecule has 1 aromatic rings. The van der Waals surface area contributed by atoms with Crippen molar-refractivity contribution in [1.29, 1.82) is 0 Å². The Labute approximate surface area is 142 Å². The van der Waals surface area contributed by atoms with Gasteiger partial charge in [0.1, 0.15) is 5.84 Å². The summed E-state index contributed by atoms with van der Waals surface area (Å²) < 4.78 is 0. The van der Waals surface area contributed by atoms with E-state index in [1.807, 2.05) is 61.4 Å². The highest BCUT2D eigenvalue weighted by atomic mass is 16.3. The van der Waals surface area contributed by atoms with E-state index in [2.05, 4.69) is 4.99 Å². The summed E-state index contributed by atoms with van der Waals surface area (Å²) in [6.45, 7) is 3.99. The first kappa shape index (κ1) is 16.5. The van der Waals surface area contributed by atoms with Gasteiger partial charge < -0.3 is 14.9 Å². The fourth-order valence-electron chi connectivity index (χ4n) is 3.05. The highest BCUT2D eigenvalue weighted by Gasteiger charge is 2.49. The van der Waals surface area contributed by atoms with Crippen molar-refractivity contribution in [2.75, 3.05) is 14.1 Å². The molecule has 1 amide bonds. The van der Waals surface area contributed by atoms with E-state index >= 15 is 0 Å². The van der Waals surface area contributed by atoms with E-state index < -0.39 is 11.8 Å². The molecule has 0 radical (unpaired) electrons. The Bertz CT molecular complexity index is 746. The van der Waals surface area contributed by atoms with Crippen LogP contribution in [0.2, 0.25) is 0 Å². The second-order valence-electron chi connectivity index (χ2n) is 6.68. The van der Waals surface area contributed by atoms with E-state index in [-0.39, 0.29) is 12.3 Å². The van der Waals surface area contributed by atoms with E-state index in [1.54, 1.807) is 19.0 Å². The molecule has 0 unspecified atom stereocenters. The number of allylic oxidation sites excluding steroid dienone is 2. The highest BCUT2D eigenvalue weighted by molar-refractivity contribution is 5.98. The number of aryl methyl sites for hydroxylation is 1. The molecule has 5 nitrogen and oxygen atoms in total. The fourth-order valence-corrected chi connectivity index (χ4v) is 3.05. The van der Waals surface area contributed by atoms with Crippen LogP contribution in [0.15, 0.2) is 53.2 Å². The molecule has 0 aliphatic carbocycles. The lowest BCUT2D eigenvalue weighted by atomic mass is 9.92. The van der Waals surface area contributed by atoms with Gasteiger partial charge in [0.25, 0.3) is 0 Å². The van der Waals surface area contributed by atoms with Crippen molar-refractivity contribution in [3.63, 3.8) is 0 Å². The predicted octanol–water partition coefficient (Wildman–Crippen LogP) is 2.17. The molecule has 126 valence electrons.